The second-order valence-electron chi connectivity index (χ2n) is 4.07. The van der Waals surface area contributed by atoms with Crippen LogP contribution in [0.5, 0.6) is 0 Å². The quantitative estimate of drug-likeness (QED) is 0.687. The summed E-state index contributed by atoms with van der Waals surface area (Å²) in [7, 11) is 0. The molecule has 0 radical (unpaired) electrons. The van der Waals surface area contributed by atoms with Crippen LogP contribution in [0.3, 0.4) is 0 Å². The number of hydrogen-bond donors (Lipinski definition) is 1. The summed E-state index contributed by atoms with van der Waals surface area (Å²) >= 11 is 11.9. The van der Waals surface area contributed by atoms with Gasteiger partial charge in [-0.1, -0.05) is 29.3 Å². The van der Waals surface area contributed by atoms with Crippen molar-refractivity contribution < 1.29 is 0 Å². The van der Waals surface area contributed by atoms with E-state index >= 15 is 0 Å². The van der Waals surface area contributed by atoms with E-state index in [1.54, 1.807) is 24.5 Å². The van der Waals surface area contributed by atoms with Gasteiger partial charge in [-0.15, -0.1) is 0 Å². The van der Waals surface area contributed by atoms with E-state index in [9.17, 15) is 0 Å². The number of fused-ring (bicyclic) bond motifs is 1. The molecular weight excluding hydrogens is 281 g/mol. The maximum Gasteiger partial charge on any atom is 0.0651 e. The molecule has 0 saturated carbocycles. The Balaban J connectivity index is 1.92. The van der Waals surface area contributed by atoms with E-state index in [0.29, 0.717) is 10.0 Å². The van der Waals surface area contributed by atoms with Gasteiger partial charge in [0.05, 0.1) is 22.4 Å². The van der Waals surface area contributed by atoms with Crippen molar-refractivity contribution in [2.24, 2.45) is 4.99 Å². The second kappa shape index (κ2) is 5.03. The highest BCUT2D eigenvalue weighted by Gasteiger charge is 1.99. The average Bonchev–Trinajstić information content (AvgIpc) is 2.85. The van der Waals surface area contributed by atoms with E-state index < -0.39 is 0 Å². The number of nitrogens with zero attached hydrogens (tertiary/aromatic N) is 2. The van der Waals surface area contributed by atoms with Crippen LogP contribution in [-0.2, 0) is 0 Å². The van der Waals surface area contributed by atoms with Gasteiger partial charge in [-0.2, -0.15) is 5.10 Å². The molecule has 0 atom stereocenters. The molecule has 0 spiro atoms. The molecule has 19 heavy (non-hydrogen) atoms. The van der Waals surface area contributed by atoms with Crippen molar-refractivity contribution in [1.29, 1.82) is 0 Å². The molecule has 94 valence electrons. The molecule has 3 aromatic rings. The first kappa shape index (κ1) is 12.2. The summed E-state index contributed by atoms with van der Waals surface area (Å²) in [5, 5.41) is 9.09. The first-order valence-corrected chi connectivity index (χ1v) is 6.40. The van der Waals surface area contributed by atoms with Crippen molar-refractivity contribution in [2.75, 3.05) is 0 Å². The fraction of sp³-hybridized carbons (Fsp3) is 0. The van der Waals surface area contributed by atoms with Crippen molar-refractivity contribution in [3.05, 3.63) is 58.2 Å². The average molecular weight is 290 g/mol. The van der Waals surface area contributed by atoms with Gasteiger partial charge >= 0.3 is 0 Å². The summed E-state index contributed by atoms with van der Waals surface area (Å²) in [5.41, 5.74) is 2.67. The van der Waals surface area contributed by atoms with Crippen molar-refractivity contribution in [3.63, 3.8) is 0 Å². The van der Waals surface area contributed by atoms with Gasteiger partial charge in [0.15, 0.2) is 0 Å². The monoisotopic (exact) mass is 289 g/mol. The fourth-order valence-electron chi connectivity index (χ4n) is 1.76. The first-order valence-electron chi connectivity index (χ1n) is 5.64. The number of aliphatic imine (C=N–C) groups is 1. The van der Waals surface area contributed by atoms with Gasteiger partial charge in [-0.3, -0.25) is 10.1 Å². The lowest BCUT2D eigenvalue weighted by molar-refractivity contribution is 1.12. The van der Waals surface area contributed by atoms with Crippen molar-refractivity contribution in [2.45, 2.75) is 0 Å². The summed E-state index contributed by atoms with van der Waals surface area (Å²) in [6.07, 6.45) is 3.49. The van der Waals surface area contributed by atoms with Crippen LogP contribution in [0.1, 0.15) is 5.56 Å². The maximum atomic E-state index is 6.08. The predicted octanol–water partition coefficient (Wildman–Crippen LogP) is 4.62. The van der Waals surface area contributed by atoms with Crippen molar-refractivity contribution in [3.8, 4) is 0 Å². The third-order valence-electron chi connectivity index (χ3n) is 2.74. The summed E-state index contributed by atoms with van der Waals surface area (Å²) in [6, 6.07) is 11.1. The molecule has 0 unspecified atom stereocenters. The lowest BCUT2D eigenvalue weighted by Gasteiger charge is -1.98. The Morgan fingerprint density at radius 2 is 2.00 bits per heavy atom. The number of benzene rings is 2. The van der Waals surface area contributed by atoms with Crippen LogP contribution in [0, 0.1) is 0 Å². The van der Waals surface area contributed by atoms with Gasteiger partial charge in [0, 0.05) is 22.2 Å². The molecule has 0 fully saturated rings. The molecule has 1 heterocycles. The largest absolute Gasteiger partial charge is 0.278 e. The standard InChI is InChI=1S/C14H9Cl2N3/c15-11-2-1-9(13(16)6-11)7-17-12-3-4-14-10(5-12)8-18-19-14/h1-8H,(H,18,19). The van der Waals surface area contributed by atoms with E-state index in [1.807, 2.05) is 24.3 Å². The molecular formula is C14H9Cl2N3. The highest BCUT2D eigenvalue weighted by Crippen LogP contribution is 2.22. The Morgan fingerprint density at radius 1 is 1.11 bits per heavy atom. The molecule has 0 bridgehead atoms. The lowest BCUT2D eigenvalue weighted by Crippen LogP contribution is -1.82. The second-order valence-corrected chi connectivity index (χ2v) is 4.91. The Bertz CT molecular complexity index is 762. The molecule has 0 aliphatic carbocycles. The van der Waals surface area contributed by atoms with Crippen molar-refractivity contribution >= 4 is 46.0 Å². The Hall–Kier alpha value is -1.84. The number of hydrogen-bond acceptors (Lipinski definition) is 2. The highest BCUT2D eigenvalue weighted by atomic mass is 35.5. The smallest absolute Gasteiger partial charge is 0.0651 e. The van der Waals surface area contributed by atoms with Gasteiger partial charge in [-0.05, 0) is 30.3 Å². The lowest BCUT2D eigenvalue weighted by atomic mass is 10.2. The van der Waals surface area contributed by atoms with Crippen LogP contribution >= 0.6 is 23.2 Å². The van der Waals surface area contributed by atoms with Crippen LogP contribution in [0.4, 0.5) is 5.69 Å². The highest BCUT2D eigenvalue weighted by molar-refractivity contribution is 6.36. The van der Waals surface area contributed by atoms with E-state index in [2.05, 4.69) is 15.2 Å². The summed E-state index contributed by atoms with van der Waals surface area (Å²) in [4.78, 5) is 4.40. The van der Waals surface area contributed by atoms with E-state index in [1.165, 1.54) is 0 Å². The molecule has 1 aromatic heterocycles. The fourth-order valence-corrected chi connectivity index (χ4v) is 2.22. The van der Waals surface area contributed by atoms with Gasteiger partial charge in [0.1, 0.15) is 0 Å². The SMILES string of the molecule is Clc1ccc(C=Nc2ccc3[nH]ncc3c2)c(Cl)c1. The van der Waals surface area contributed by atoms with E-state index in [4.69, 9.17) is 23.2 Å². The van der Waals surface area contributed by atoms with Crippen LogP contribution in [0.25, 0.3) is 10.9 Å². The zero-order chi connectivity index (χ0) is 13.2. The predicted molar refractivity (Wildman–Crippen MR) is 79.8 cm³/mol. The summed E-state index contributed by atoms with van der Waals surface area (Å²) < 4.78 is 0. The van der Waals surface area contributed by atoms with E-state index in [-0.39, 0.29) is 0 Å². The zero-order valence-electron chi connectivity index (χ0n) is 9.77. The molecule has 1 N–H and O–H groups in total. The van der Waals surface area contributed by atoms with Gasteiger partial charge in [0.25, 0.3) is 0 Å². The topological polar surface area (TPSA) is 41.0 Å². The molecule has 2 aromatic carbocycles. The Morgan fingerprint density at radius 3 is 2.84 bits per heavy atom. The third-order valence-corrected chi connectivity index (χ3v) is 3.30. The Kier molecular flexibility index (Phi) is 3.23. The van der Waals surface area contributed by atoms with Crippen molar-refractivity contribution in [1.82, 2.24) is 10.2 Å². The number of nitrogens with one attached hydrogen (secondary N) is 1. The summed E-state index contributed by atoms with van der Waals surface area (Å²) in [6.45, 7) is 0. The molecule has 0 amide bonds. The molecule has 5 heteroatoms. The number of halogens is 2. The van der Waals surface area contributed by atoms with Crippen LogP contribution in [0.2, 0.25) is 10.0 Å². The van der Waals surface area contributed by atoms with Crippen LogP contribution < -0.4 is 0 Å². The maximum absolute atomic E-state index is 6.08. The molecule has 3 rings (SSSR count). The third kappa shape index (κ3) is 2.62. The van der Waals surface area contributed by atoms with E-state index in [0.717, 1.165) is 22.2 Å². The molecule has 3 nitrogen and oxygen atoms in total. The number of rotatable bonds is 2. The minimum Gasteiger partial charge on any atom is -0.278 e. The van der Waals surface area contributed by atoms with Crippen LogP contribution in [-0.4, -0.2) is 16.4 Å². The molecule has 0 aliphatic heterocycles. The van der Waals surface area contributed by atoms with Gasteiger partial charge < -0.3 is 0 Å². The van der Waals surface area contributed by atoms with Gasteiger partial charge in [-0.25, -0.2) is 0 Å². The molecule has 0 aliphatic rings. The summed E-state index contributed by atoms with van der Waals surface area (Å²) in [5.74, 6) is 0. The molecule has 0 saturated heterocycles. The minimum absolute atomic E-state index is 0.584. The van der Waals surface area contributed by atoms with Gasteiger partial charge in [0.2, 0.25) is 0 Å². The number of aromatic nitrogens is 2. The minimum atomic E-state index is 0.584. The zero-order valence-corrected chi connectivity index (χ0v) is 11.3. The van der Waals surface area contributed by atoms with Crippen LogP contribution in [0.15, 0.2) is 47.6 Å². The Labute approximate surface area is 119 Å². The number of H-pyrrole nitrogens is 1. The normalized spacial score (nSPS) is 11.5. The first-order chi connectivity index (χ1) is 9.22. The number of aromatic amines is 1.